The zero-order valence-electron chi connectivity index (χ0n) is 26.3. The third-order valence-corrected chi connectivity index (χ3v) is 8.87. The molecule has 48 heavy (non-hydrogen) atoms. The van der Waals surface area contributed by atoms with Crippen LogP contribution >= 0.6 is 22.6 Å². The maximum atomic E-state index is 14.4. The molecule has 1 aliphatic carbocycles. The molecule has 3 unspecified atom stereocenters. The molecule has 4 N–H and O–H groups in total. The number of hydrogen-bond donors (Lipinski definition) is 4. The van der Waals surface area contributed by atoms with Crippen LogP contribution in [0.1, 0.15) is 28.1 Å². The molecular formula is C35H36FIN2O9. The number of carbonyl (C=O) groups is 2. The fourth-order valence-corrected chi connectivity index (χ4v) is 6.49. The van der Waals surface area contributed by atoms with Crippen molar-refractivity contribution in [3.8, 4) is 17.2 Å². The van der Waals surface area contributed by atoms with Gasteiger partial charge in [0.1, 0.15) is 18.0 Å². The van der Waals surface area contributed by atoms with Gasteiger partial charge in [0.25, 0.3) is 5.91 Å². The summed E-state index contributed by atoms with van der Waals surface area (Å²) in [7, 11) is 2.93. The second-order valence-corrected chi connectivity index (χ2v) is 12.3. The lowest BCUT2D eigenvalue weighted by Gasteiger charge is -2.40. The summed E-state index contributed by atoms with van der Waals surface area (Å²) in [4.78, 5) is 29.1. The number of ether oxygens (including phenoxy) is 3. The normalized spacial score (nSPS) is 17.5. The van der Waals surface area contributed by atoms with Gasteiger partial charge in [-0.1, -0.05) is 24.3 Å². The van der Waals surface area contributed by atoms with Crippen molar-refractivity contribution in [2.75, 3.05) is 33.9 Å². The van der Waals surface area contributed by atoms with Gasteiger partial charge in [-0.2, -0.15) is 0 Å². The highest BCUT2D eigenvalue weighted by atomic mass is 127. The molecule has 13 heteroatoms. The Morgan fingerprint density at radius 1 is 1.04 bits per heavy atom. The highest BCUT2D eigenvalue weighted by Gasteiger charge is 2.42. The van der Waals surface area contributed by atoms with Crippen LogP contribution in [-0.2, 0) is 17.8 Å². The lowest BCUT2D eigenvalue weighted by molar-refractivity contribution is -0.118. The third kappa shape index (κ3) is 7.75. The number of aliphatic hydroxyl groups is 3. The Kier molecular flexibility index (Phi) is 11.6. The van der Waals surface area contributed by atoms with E-state index in [2.05, 4.69) is 5.32 Å². The zero-order chi connectivity index (χ0) is 34.4. The largest absolute Gasteiger partial charge is 0.493 e. The molecule has 0 aliphatic heterocycles. The number of rotatable bonds is 13. The molecule has 3 aromatic carbocycles. The van der Waals surface area contributed by atoms with Crippen molar-refractivity contribution in [1.82, 2.24) is 10.2 Å². The summed E-state index contributed by atoms with van der Waals surface area (Å²) in [6.07, 6.45) is -0.834. The standard InChI is InChI=1S/C35H36FIN2O9/c1-45-27-8-4-6-22-17-30(48-32(22)27)35(44)39(11-9-20-5-3-7-24(36)13-20)26-16-23(34(43)38-10-12-40)18-28(31(26)42)47-33-25(37)14-21(19-41)15-29(33)46-2/h3-8,13-15,17-18,26,28,31,40-42H,9-12,16,19H2,1-2H3,(H,38,43). The van der Waals surface area contributed by atoms with E-state index >= 15 is 0 Å². The smallest absolute Gasteiger partial charge is 0.289 e. The van der Waals surface area contributed by atoms with E-state index in [0.717, 1.165) is 0 Å². The summed E-state index contributed by atoms with van der Waals surface area (Å²) in [5, 5.41) is 34.2. The van der Waals surface area contributed by atoms with Crippen LogP contribution in [0.2, 0.25) is 0 Å². The van der Waals surface area contributed by atoms with Crippen LogP contribution in [0.3, 0.4) is 0 Å². The maximum absolute atomic E-state index is 14.4. The molecular weight excluding hydrogens is 738 g/mol. The van der Waals surface area contributed by atoms with Crippen LogP contribution in [0, 0.1) is 9.39 Å². The molecule has 3 atom stereocenters. The molecule has 5 rings (SSSR count). The number of methoxy groups -OCH3 is 2. The van der Waals surface area contributed by atoms with Crippen molar-refractivity contribution >= 4 is 45.4 Å². The Bertz CT molecular complexity index is 1810. The summed E-state index contributed by atoms with van der Waals surface area (Å²) in [6, 6.07) is 15.1. The summed E-state index contributed by atoms with van der Waals surface area (Å²) >= 11 is 2.03. The number of para-hydroxylation sites is 1. The zero-order valence-corrected chi connectivity index (χ0v) is 28.5. The van der Waals surface area contributed by atoms with Gasteiger partial charge >= 0.3 is 0 Å². The summed E-state index contributed by atoms with van der Waals surface area (Å²) in [6.45, 7) is -0.494. The first-order valence-corrected chi connectivity index (χ1v) is 16.3. The first-order chi connectivity index (χ1) is 23.2. The fourth-order valence-electron chi connectivity index (χ4n) is 5.70. The minimum absolute atomic E-state index is 0.00764. The van der Waals surface area contributed by atoms with Crippen molar-refractivity contribution in [1.29, 1.82) is 0 Å². The molecule has 11 nitrogen and oxygen atoms in total. The van der Waals surface area contributed by atoms with Crippen LogP contribution in [0.15, 0.2) is 76.7 Å². The molecule has 254 valence electrons. The Balaban J connectivity index is 1.56. The van der Waals surface area contributed by atoms with Gasteiger partial charge in [-0.3, -0.25) is 9.59 Å². The van der Waals surface area contributed by atoms with Crippen molar-refractivity contribution in [2.24, 2.45) is 0 Å². The first-order valence-electron chi connectivity index (χ1n) is 15.2. The summed E-state index contributed by atoms with van der Waals surface area (Å²) in [5.41, 5.74) is 1.80. The number of nitrogens with one attached hydrogen (secondary N) is 1. The number of amides is 2. The second kappa shape index (κ2) is 15.8. The molecule has 1 aromatic heterocycles. The van der Waals surface area contributed by atoms with Gasteiger partial charge in [0, 0.05) is 30.5 Å². The molecule has 0 saturated carbocycles. The van der Waals surface area contributed by atoms with Gasteiger partial charge in [-0.05, 0) is 82.6 Å². The number of hydrogen-bond acceptors (Lipinski definition) is 9. The fraction of sp³-hybridized carbons (Fsp3) is 0.314. The molecule has 0 spiro atoms. The van der Waals surface area contributed by atoms with Crippen LogP contribution in [-0.4, -0.2) is 84.2 Å². The van der Waals surface area contributed by atoms with Gasteiger partial charge in [-0.15, -0.1) is 0 Å². The average Bonchev–Trinajstić information content (AvgIpc) is 3.54. The van der Waals surface area contributed by atoms with Crippen LogP contribution in [0.4, 0.5) is 4.39 Å². The Morgan fingerprint density at radius 2 is 1.81 bits per heavy atom. The van der Waals surface area contributed by atoms with E-state index in [1.165, 1.54) is 37.3 Å². The number of benzene rings is 3. The van der Waals surface area contributed by atoms with Gasteiger partial charge in [0.05, 0.1) is 37.0 Å². The number of carbonyl (C=O) groups excluding carboxylic acids is 2. The van der Waals surface area contributed by atoms with E-state index in [0.29, 0.717) is 37.2 Å². The van der Waals surface area contributed by atoms with Gasteiger partial charge in [0.15, 0.2) is 28.6 Å². The quantitative estimate of drug-likeness (QED) is 0.148. The van der Waals surface area contributed by atoms with Gasteiger partial charge in [0.2, 0.25) is 5.91 Å². The minimum Gasteiger partial charge on any atom is -0.493 e. The van der Waals surface area contributed by atoms with E-state index < -0.39 is 35.9 Å². The third-order valence-electron chi connectivity index (χ3n) is 8.07. The Labute approximate surface area is 290 Å². The Morgan fingerprint density at radius 3 is 2.52 bits per heavy atom. The molecule has 2 amide bonds. The van der Waals surface area contributed by atoms with E-state index in [4.69, 9.17) is 18.6 Å². The lowest BCUT2D eigenvalue weighted by Crippen LogP contribution is -2.55. The minimum atomic E-state index is -1.35. The molecule has 0 fully saturated rings. The lowest BCUT2D eigenvalue weighted by atomic mass is 9.87. The summed E-state index contributed by atoms with van der Waals surface area (Å²) < 4.78 is 38.0. The van der Waals surface area contributed by atoms with E-state index in [1.807, 2.05) is 22.6 Å². The van der Waals surface area contributed by atoms with Crippen LogP contribution in [0.25, 0.3) is 11.0 Å². The highest BCUT2D eigenvalue weighted by Crippen LogP contribution is 2.38. The molecule has 0 saturated heterocycles. The number of aliphatic hydroxyl groups excluding tert-OH is 3. The van der Waals surface area contributed by atoms with E-state index in [1.54, 1.807) is 48.5 Å². The van der Waals surface area contributed by atoms with Crippen molar-refractivity contribution < 1.29 is 47.9 Å². The number of halogens is 2. The molecule has 0 bridgehead atoms. The predicted octanol–water partition coefficient (Wildman–Crippen LogP) is 3.99. The van der Waals surface area contributed by atoms with Gasteiger partial charge < -0.3 is 44.2 Å². The van der Waals surface area contributed by atoms with Gasteiger partial charge in [-0.25, -0.2) is 4.39 Å². The van der Waals surface area contributed by atoms with E-state index in [9.17, 15) is 29.3 Å². The number of nitrogens with zero attached hydrogens (tertiary/aromatic N) is 1. The molecule has 4 aromatic rings. The van der Waals surface area contributed by atoms with Crippen molar-refractivity contribution in [3.05, 3.63) is 98.6 Å². The monoisotopic (exact) mass is 774 g/mol. The highest BCUT2D eigenvalue weighted by molar-refractivity contribution is 14.1. The molecule has 1 heterocycles. The number of fused-ring (bicyclic) bond motifs is 1. The molecule has 1 aliphatic rings. The SMILES string of the molecule is COc1cc(CO)cc(I)c1OC1C=C(C(=O)NCCO)CC(N(CCc2cccc(F)c2)C(=O)c2cc3cccc(OC)c3o2)C1O. The van der Waals surface area contributed by atoms with Crippen molar-refractivity contribution in [3.63, 3.8) is 0 Å². The van der Waals surface area contributed by atoms with Crippen LogP contribution < -0.4 is 19.5 Å². The second-order valence-electron chi connectivity index (χ2n) is 11.2. The first kappa shape index (κ1) is 35.1. The van der Waals surface area contributed by atoms with E-state index in [-0.39, 0.29) is 56.2 Å². The topological polar surface area (TPSA) is 151 Å². The Hall–Kier alpha value is -4.18. The average molecular weight is 775 g/mol. The maximum Gasteiger partial charge on any atom is 0.289 e. The van der Waals surface area contributed by atoms with Crippen LogP contribution in [0.5, 0.6) is 17.2 Å². The van der Waals surface area contributed by atoms with Crippen molar-refractivity contribution in [2.45, 2.75) is 37.7 Å². The number of furan rings is 1. The molecule has 0 radical (unpaired) electrons. The predicted molar refractivity (Wildman–Crippen MR) is 183 cm³/mol. The summed E-state index contributed by atoms with van der Waals surface area (Å²) in [5.74, 6) is -0.506.